The first-order valence-electron chi connectivity index (χ1n) is 8.72. The number of carbonyl (C=O) groups is 1. The summed E-state index contributed by atoms with van der Waals surface area (Å²) >= 11 is 1.56. The maximum absolute atomic E-state index is 12.7. The molecule has 0 bridgehead atoms. The van der Waals surface area contributed by atoms with Crippen LogP contribution in [0.1, 0.15) is 41.5 Å². The Bertz CT molecular complexity index is 1100. The van der Waals surface area contributed by atoms with Gasteiger partial charge in [0.15, 0.2) is 5.69 Å². The zero-order valence-electron chi connectivity index (χ0n) is 15.3. The fourth-order valence-corrected chi connectivity index (χ4v) is 3.75. The van der Waals surface area contributed by atoms with Crippen molar-refractivity contribution in [3.63, 3.8) is 0 Å². The molecule has 0 radical (unpaired) electrons. The molecule has 0 unspecified atom stereocenters. The number of nitrogens with one attached hydrogen (secondary N) is 1. The Morgan fingerprint density at radius 3 is 2.74 bits per heavy atom. The monoisotopic (exact) mass is 377 g/mol. The van der Waals surface area contributed by atoms with E-state index < -0.39 is 0 Å². The van der Waals surface area contributed by atoms with Crippen molar-refractivity contribution in [1.82, 2.24) is 19.7 Å². The maximum Gasteiger partial charge on any atom is 0.277 e. The topological polar surface area (TPSA) is 72.7 Å². The Balaban J connectivity index is 1.72. The van der Waals surface area contributed by atoms with Gasteiger partial charge in [0.25, 0.3) is 5.91 Å². The highest BCUT2D eigenvalue weighted by Gasteiger charge is 2.20. The summed E-state index contributed by atoms with van der Waals surface area (Å²) in [6.45, 7) is 6.05. The average molecular weight is 377 g/mol. The van der Waals surface area contributed by atoms with Crippen LogP contribution in [0.5, 0.6) is 0 Å². The zero-order valence-corrected chi connectivity index (χ0v) is 16.1. The minimum Gasteiger partial charge on any atom is -0.305 e. The number of fused-ring (bicyclic) bond motifs is 1. The van der Waals surface area contributed by atoms with Crippen molar-refractivity contribution >= 4 is 33.3 Å². The number of anilines is 1. The van der Waals surface area contributed by atoms with Crippen LogP contribution in [0.2, 0.25) is 0 Å². The number of aryl methyl sites for hydroxylation is 1. The number of para-hydroxylation sites is 1. The van der Waals surface area contributed by atoms with Gasteiger partial charge in [-0.05, 0) is 42.7 Å². The number of hydrogen-bond acceptors (Lipinski definition) is 5. The van der Waals surface area contributed by atoms with E-state index in [-0.39, 0.29) is 11.8 Å². The third kappa shape index (κ3) is 3.33. The minimum absolute atomic E-state index is 0.197. The molecule has 0 saturated heterocycles. The highest BCUT2D eigenvalue weighted by molar-refractivity contribution is 7.20. The van der Waals surface area contributed by atoms with Gasteiger partial charge in [-0.2, -0.15) is 5.10 Å². The molecule has 3 heterocycles. The SMILES string of the molecule is Cc1cccnc1NC(=O)c1cc(C(C)C)n(-c2nc3ccccc3s2)n1. The van der Waals surface area contributed by atoms with Crippen LogP contribution < -0.4 is 5.32 Å². The van der Waals surface area contributed by atoms with Crippen molar-refractivity contribution in [3.8, 4) is 5.13 Å². The summed E-state index contributed by atoms with van der Waals surface area (Å²) in [5.41, 5.74) is 3.12. The summed E-state index contributed by atoms with van der Waals surface area (Å²) in [7, 11) is 0. The number of benzene rings is 1. The summed E-state index contributed by atoms with van der Waals surface area (Å²) in [6, 6.07) is 13.5. The van der Waals surface area contributed by atoms with Gasteiger partial charge in [-0.1, -0.05) is 43.4 Å². The van der Waals surface area contributed by atoms with E-state index in [1.165, 1.54) is 0 Å². The molecule has 0 fully saturated rings. The van der Waals surface area contributed by atoms with Crippen LogP contribution in [0, 0.1) is 6.92 Å². The Kier molecular flexibility index (Phi) is 4.45. The molecule has 1 N–H and O–H groups in total. The van der Waals surface area contributed by atoms with Gasteiger partial charge < -0.3 is 5.32 Å². The van der Waals surface area contributed by atoms with E-state index in [1.807, 2.05) is 49.4 Å². The lowest BCUT2D eigenvalue weighted by molar-refractivity contribution is 0.102. The number of nitrogens with zero attached hydrogens (tertiary/aromatic N) is 4. The molecule has 0 saturated carbocycles. The lowest BCUT2D eigenvalue weighted by Gasteiger charge is -2.06. The molecule has 1 amide bonds. The van der Waals surface area contributed by atoms with Crippen molar-refractivity contribution in [1.29, 1.82) is 0 Å². The first-order valence-corrected chi connectivity index (χ1v) is 9.53. The molecule has 3 aromatic heterocycles. The van der Waals surface area contributed by atoms with Crippen molar-refractivity contribution < 1.29 is 4.79 Å². The molecule has 0 spiro atoms. The molecule has 0 aliphatic carbocycles. The standard InChI is InChI=1S/C20H19N5OS/c1-12(2)16-11-15(19(26)23-18-13(3)7-6-10-21-18)24-25(16)20-22-14-8-4-5-9-17(14)27-20/h4-12H,1-3H3,(H,21,23,26). The van der Waals surface area contributed by atoms with E-state index in [0.717, 1.165) is 26.6 Å². The molecule has 136 valence electrons. The number of hydrogen-bond donors (Lipinski definition) is 1. The molecule has 7 heteroatoms. The van der Waals surface area contributed by atoms with Gasteiger partial charge in [0.05, 0.1) is 15.9 Å². The first kappa shape index (κ1) is 17.4. The smallest absolute Gasteiger partial charge is 0.277 e. The maximum atomic E-state index is 12.7. The Hall–Kier alpha value is -3.06. The Morgan fingerprint density at radius 1 is 1.19 bits per heavy atom. The number of amides is 1. The number of pyridine rings is 1. The van der Waals surface area contributed by atoms with Gasteiger partial charge in [-0.15, -0.1) is 0 Å². The fraction of sp³-hybridized carbons (Fsp3) is 0.200. The van der Waals surface area contributed by atoms with Crippen LogP contribution in [0.25, 0.3) is 15.3 Å². The van der Waals surface area contributed by atoms with Gasteiger partial charge in [-0.3, -0.25) is 4.79 Å². The molecule has 0 aliphatic heterocycles. The number of aromatic nitrogens is 4. The van der Waals surface area contributed by atoms with Crippen molar-refractivity contribution in [2.75, 3.05) is 5.32 Å². The highest BCUT2D eigenvalue weighted by Crippen LogP contribution is 2.28. The summed E-state index contributed by atoms with van der Waals surface area (Å²) < 4.78 is 2.86. The highest BCUT2D eigenvalue weighted by atomic mass is 32.1. The second kappa shape index (κ2) is 6.92. The number of carbonyl (C=O) groups excluding carboxylic acids is 1. The quantitative estimate of drug-likeness (QED) is 0.566. The summed E-state index contributed by atoms with van der Waals surface area (Å²) in [5, 5.41) is 8.15. The number of rotatable bonds is 4. The van der Waals surface area contributed by atoms with Gasteiger partial charge in [-0.25, -0.2) is 14.6 Å². The van der Waals surface area contributed by atoms with Gasteiger partial charge in [0.2, 0.25) is 5.13 Å². The van der Waals surface area contributed by atoms with Crippen LogP contribution in [-0.2, 0) is 0 Å². The molecule has 1 aromatic carbocycles. The summed E-state index contributed by atoms with van der Waals surface area (Å²) in [6.07, 6.45) is 1.65. The normalized spacial score (nSPS) is 11.3. The van der Waals surface area contributed by atoms with E-state index in [4.69, 9.17) is 0 Å². The van der Waals surface area contributed by atoms with Gasteiger partial charge in [0.1, 0.15) is 5.82 Å². The Morgan fingerprint density at radius 2 is 2.00 bits per heavy atom. The molecule has 0 aliphatic rings. The first-order chi connectivity index (χ1) is 13.0. The molecule has 27 heavy (non-hydrogen) atoms. The lowest BCUT2D eigenvalue weighted by Crippen LogP contribution is -2.15. The van der Waals surface area contributed by atoms with Crippen LogP contribution in [0.4, 0.5) is 5.82 Å². The van der Waals surface area contributed by atoms with E-state index in [0.29, 0.717) is 11.5 Å². The molecule has 4 rings (SSSR count). The van der Waals surface area contributed by atoms with Crippen molar-refractivity contribution in [2.24, 2.45) is 0 Å². The van der Waals surface area contributed by atoms with Gasteiger partial charge in [0, 0.05) is 6.20 Å². The molecule has 0 atom stereocenters. The molecule has 6 nitrogen and oxygen atoms in total. The predicted octanol–water partition coefficient (Wildman–Crippen LogP) is 4.56. The van der Waals surface area contributed by atoms with E-state index >= 15 is 0 Å². The summed E-state index contributed by atoms with van der Waals surface area (Å²) in [4.78, 5) is 21.6. The van der Waals surface area contributed by atoms with E-state index in [2.05, 4.69) is 34.2 Å². The molecular formula is C20H19N5OS. The predicted molar refractivity (Wildman–Crippen MR) is 108 cm³/mol. The van der Waals surface area contributed by atoms with Gasteiger partial charge >= 0.3 is 0 Å². The third-order valence-electron chi connectivity index (χ3n) is 4.27. The third-order valence-corrected chi connectivity index (χ3v) is 5.28. The Labute approximate surface area is 160 Å². The van der Waals surface area contributed by atoms with Crippen LogP contribution in [-0.4, -0.2) is 25.7 Å². The van der Waals surface area contributed by atoms with Crippen molar-refractivity contribution in [3.05, 3.63) is 65.6 Å². The largest absolute Gasteiger partial charge is 0.305 e. The van der Waals surface area contributed by atoms with Crippen molar-refractivity contribution in [2.45, 2.75) is 26.7 Å². The van der Waals surface area contributed by atoms with E-state index in [9.17, 15) is 4.79 Å². The second-order valence-electron chi connectivity index (χ2n) is 6.61. The second-order valence-corrected chi connectivity index (χ2v) is 7.62. The fourth-order valence-electron chi connectivity index (χ4n) is 2.81. The minimum atomic E-state index is -0.279. The van der Waals surface area contributed by atoms with E-state index in [1.54, 1.807) is 22.2 Å². The average Bonchev–Trinajstić information content (AvgIpc) is 3.27. The zero-order chi connectivity index (χ0) is 19.0. The lowest BCUT2D eigenvalue weighted by atomic mass is 10.1. The van der Waals surface area contributed by atoms with Crippen LogP contribution >= 0.6 is 11.3 Å². The van der Waals surface area contributed by atoms with Crippen LogP contribution in [0.3, 0.4) is 0 Å². The summed E-state index contributed by atoms with van der Waals surface area (Å²) in [5.74, 6) is 0.462. The molecule has 4 aromatic rings. The number of thiazole rings is 1. The van der Waals surface area contributed by atoms with Crippen LogP contribution in [0.15, 0.2) is 48.7 Å². The molecular weight excluding hydrogens is 358 g/mol.